The zero-order chi connectivity index (χ0) is 12.8. The second-order valence-electron chi connectivity index (χ2n) is 4.11. The third kappa shape index (κ3) is 6.00. The maximum absolute atomic E-state index is 11.6. The summed E-state index contributed by atoms with van der Waals surface area (Å²) in [6, 6.07) is 0. The van der Waals surface area contributed by atoms with Gasteiger partial charge < -0.3 is 9.47 Å². The molecule has 5 heteroatoms. The fraction of sp³-hybridized carbons (Fsp3) is 0.818. The first kappa shape index (κ1) is 15.3. The molecule has 0 rings (SSSR count). The van der Waals surface area contributed by atoms with E-state index < -0.39 is 17.2 Å². The van der Waals surface area contributed by atoms with Crippen molar-refractivity contribution in [1.29, 1.82) is 0 Å². The maximum atomic E-state index is 11.6. The van der Waals surface area contributed by atoms with Crippen LogP contribution in [-0.4, -0.2) is 35.1 Å². The smallest absolute Gasteiger partial charge is 0.330 e. The summed E-state index contributed by atoms with van der Waals surface area (Å²) in [5.41, 5.74) is 0. The van der Waals surface area contributed by atoms with E-state index in [2.05, 4.69) is 0 Å². The molecule has 0 aromatic rings. The summed E-state index contributed by atoms with van der Waals surface area (Å²) in [4.78, 5) is 23.2. The molecule has 0 aliphatic carbocycles. The first-order chi connectivity index (χ1) is 7.31. The summed E-state index contributed by atoms with van der Waals surface area (Å²) in [7, 11) is 0. The predicted molar refractivity (Wildman–Crippen MR) is 64.4 cm³/mol. The van der Waals surface area contributed by atoms with Gasteiger partial charge in [-0.05, 0) is 13.8 Å². The van der Waals surface area contributed by atoms with E-state index in [0.717, 1.165) is 0 Å². The second kappa shape index (κ2) is 6.78. The summed E-state index contributed by atoms with van der Waals surface area (Å²) in [6.07, 6.45) is 0. The van der Waals surface area contributed by atoms with Gasteiger partial charge in [-0.25, -0.2) is 0 Å². The van der Waals surface area contributed by atoms with Crippen molar-refractivity contribution in [2.24, 2.45) is 0 Å². The summed E-state index contributed by atoms with van der Waals surface area (Å²) in [5, 5.41) is -0.889. The molecule has 0 aliphatic rings. The number of esters is 2. The van der Waals surface area contributed by atoms with E-state index in [0.29, 0.717) is 0 Å². The molecule has 0 atom stereocenters. The quantitative estimate of drug-likeness (QED) is 0.550. The lowest BCUT2D eigenvalue weighted by molar-refractivity contribution is -0.152. The van der Waals surface area contributed by atoms with Gasteiger partial charge in [0, 0.05) is 4.75 Å². The van der Waals surface area contributed by atoms with Gasteiger partial charge in [-0.15, -0.1) is 11.8 Å². The zero-order valence-corrected chi connectivity index (χ0v) is 11.3. The Kier molecular flexibility index (Phi) is 6.48. The zero-order valence-electron chi connectivity index (χ0n) is 10.5. The molecular weight excluding hydrogens is 228 g/mol. The van der Waals surface area contributed by atoms with Gasteiger partial charge >= 0.3 is 11.9 Å². The van der Waals surface area contributed by atoms with E-state index in [4.69, 9.17) is 9.47 Å². The van der Waals surface area contributed by atoms with Crippen LogP contribution in [0.1, 0.15) is 34.6 Å². The van der Waals surface area contributed by atoms with Crippen molar-refractivity contribution in [3.05, 3.63) is 0 Å². The predicted octanol–water partition coefficient (Wildman–Crippen LogP) is 2.01. The van der Waals surface area contributed by atoms with Crippen LogP contribution >= 0.6 is 11.8 Å². The lowest BCUT2D eigenvalue weighted by atomic mass is 10.3. The Bertz CT molecular complexity index is 227. The largest absolute Gasteiger partial charge is 0.465 e. The maximum Gasteiger partial charge on any atom is 0.330 e. The first-order valence-corrected chi connectivity index (χ1v) is 6.20. The molecule has 0 spiro atoms. The van der Waals surface area contributed by atoms with Gasteiger partial charge in [0.15, 0.2) is 0 Å². The minimum atomic E-state index is -0.889. The molecule has 4 nitrogen and oxygen atoms in total. The van der Waals surface area contributed by atoms with Crippen LogP contribution in [0.25, 0.3) is 0 Å². The standard InChI is InChI=1S/C11H20O4S/c1-6-14-9(12)8(10(13)15-7-2)16-11(3,4)5/h8H,6-7H2,1-5H3. The highest BCUT2D eigenvalue weighted by atomic mass is 32.2. The van der Waals surface area contributed by atoms with Crippen LogP contribution in [0.5, 0.6) is 0 Å². The van der Waals surface area contributed by atoms with Crippen molar-refractivity contribution in [3.63, 3.8) is 0 Å². The molecule has 0 N–H and O–H groups in total. The highest BCUT2D eigenvalue weighted by Crippen LogP contribution is 2.29. The summed E-state index contributed by atoms with van der Waals surface area (Å²) in [5.74, 6) is -1.05. The Morgan fingerprint density at radius 2 is 1.44 bits per heavy atom. The Morgan fingerprint density at radius 1 is 1.06 bits per heavy atom. The lowest BCUT2D eigenvalue weighted by Gasteiger charge is -2.22. The number of ether oxygens (including phenoxy) is 2. The fourth-order valence-electron chi connectivity index (χ4n) is 0.982. The van der Waals surface area contributed by atoms with Gasteiger partial charge in [0.05, 0.1) is 13.2 Å². The molecule has 0 aromatic carbocycles. The molecule has 94 valence electrons. The van der Waals surface area contributed by atoms with Crippen LogP contribution in [0.3, 0.4) is 0 Å². The molecule has 0 heterocycles. The summed E-state index contributed by atoms with van der Waals surface area (Å²) < 4.78 is 9.51. The van der Waals surface area contributed by atoms with Gasteiger partial charge in [-0.2, -0.15) is 0 Å². The second-order valence-corrected chi connectivity index (χ2v) is 6.05. The summed E-state index contributed by atoms with van der Waals surface area (Å²) in [6.45, 7) is 9.75. The van der Waals surface area contributed by atoms with E-state index in [1.807, 2.05) is 20.8 Å². The molecular formula is C11H20O4S. The van der Waals surface area contributed by atoms with Crippen molar-refractivity contribution in [2.75, 3.05) is 13.2 Å². The van der Waals surface area contributed by atoms with E-state index in [1.165, 1.54) is 11.8 Å². The van der Waals surface area contributed by atoms with E-state index >= 15 is 0 Å². The topological polar surface area (TPSA) is 52.6 Å². The van der Waals surface area contributed by atoms with Gasteiger partial charge in [0.25, 0.3) is 0 Å². The normalized spacial score (nSPS) is 11.4. The average Bonchev–Trinajstić information content (AvgIpc) is 2.13. The van der Waals surface area contributed by atoms with Crippen molar-refractivity contribution in [1.82, 2.24) is 0 Å². The first-order valence-electron chi connectivity index (χ1n) is 5.33. The number of rotatable bonds is 5. The third-order valence-corrected chi connectivity index (χ3v) is 2.80. The number of thioether (sulfide) groups is 1. The Morgan fingerprint density at radius 3 is 1.69 bits per heavy atom. The van der Waals surface area contributed by atoms with E-state index in [1.54, 1.807) is 13.8 Å². The molecule has 0 radical (unpaired) electrons. The number of hydrogen-bond acceptors (Lipinski definition) is 5. The highest BCUT2D eigenvalue weighted by Gasteiger charge is 2.34. The monoisotopic (exact) mass is 248 g/mol. The van der Waals surface area contributed by atoms with Crippen LogP contribution in [0.15, 0.2) is 0 Å². The van der Waals surface area contributed by atoms with Crippen LogP contribution in [0, 0.1) is 0 Å². The Labute approximate surface area is 101 Å². The third-order valence-electron chi connectivity index (χ3n) is 1.47. The molecule has 0 unspecified atom stereocenters. The Balaban J connectivity index is 4.62. The van der Waals surface area contributed by atoms with Crippen molar-refractivity contribution < 1.29 is 19.1 Å². The molecule has 16 heavy (non-hydrogen) atoms. The van der Waals surface area contributed by atoms with Gasteiger partial charge in [0.1, 0.15) is 0 Å². The van der Waals surface area contributed by atoms with Crippen LogP contribution in [0.4, 0.5) is 0 Å². The minimum Gasteiger partial charge on any atom is -0.465 e. The molecule has 0 bridgehead atoms. The van der Waals surface area contributed by atoms with Crippen LogP contribution in [-0.2, 0) is 19.1 Å². The average molecular weight is 248 g/mol. The van der Waals surface area contributed by atoms with Crippen LogP contribution < -0.4 is 0 Å². The number of hydrogen-bond donors (Lipinski definition) is 0. The SMILES string of the molecule is CCOC(=O)C(SC(C)(C)C)C(=O)OCC. The molecule has 0 aliphatic heterocycles. The van der Waals surface area contributed by atoms with E-state index in [-0.39, 0.29) is 18.0 Å². The van der Waals surface area contributed by atoms with Crippen molar-refractivity contribution in [2.45, 2.75) is 44.6 Å². The molecule has 0 saturated carbocycles. The van der Waals surface area contributed by atoms with E-state index in [9.17, 15) is 9.59 Å². The Hall–Kier alpha value is -0.710. The van der Waals surface area contributed by atoms with Gasteiger partial charge in [-0.1, -0.05) is 20.8 Å². The fourth-order valence-corrected chi connectivity index (χ4v) is 2.02. The van der Waals surface area contributed by atoms with Gasteiger partial charge in [-0.3, -0.25) is 9.59 Å². The van der Waals surface area contributed by atoms with Crippen LogP contribution in [0.2, 0.25) is 0 Å². The molecule has 0 saturated heterocycles. The lowest BCUT2D eigenvalue weighted by Crippen LogP contribution is -2.34. The highest BCUT2D eigenvalue weighted by molar-refractivity contribution is 8.02. The van der Waals surface area contributed by atoms with Crippen molar-refractivity contribution >= 4 is 23.7 Å². The van der Waals surface area contributed by atoms with Gasteiger partial charge in [0.2, 0.25) is 5.25 Å². The molecule has 0 amide bonds. The minimum absolute atomic E-state index is 0.204. The number of carbonyl (C=O) groups excluding carboxylic acids is 2. The van der Waals surface area contributed by atoms with Crippen molar-refractivity contribution in [3.8, 4) is 0 Å². The molecule has 0 fully saturated rings. The molecule has 0 aromatic heterocycles. The summed E-state index contributed by atoms with van der Waals surface area (Å²) >= 11 is 1.25. The number of carbonyl (C=O) groups is 2.